The smallest absolute Gasteiger partial charge is 0.312 e. The Kier molecular flexibility index (Phi) is 9.66. The van der Waals surface area contributed by atoms with Gasteiger partial charge in [-0.25, -0.2) is 0 Å². The first-order chi connectivity index (χ1) is 22.8. The number of carbonyl (C=O) groups excluding carboxylic acids is 3. The molecule has 9 atom stereocenters. The van der Waals surface area contributed by atoms with E-state index in [0.29, 0.717) is 18.3 Å². The van der Waals surface area contributed by atoms with Crippen molar-refractivity contribution in [3.8, 4) is 0 Å². The number of carbonyl (C=O) groups is 3. The van der Waals surface area contributed by atoms with E-state index in [9.17, 15) is 29.6 Å². The lowest BCUT2D eigenvalue weighted by atomic mass is 9.33. The van der Waals surface area contributed by atoms with Crippen LogP contribution in [-0.2, 0) is 23.9 Å². The monoisotopic (exact) mass is 699 g/mol. The minimum absolute atomic E-state index is 0.00295. The highest BCUT2D eigenvalue weighted by Gasteiger charge is 2.71. The summed E-state index contributed by atoms with van der Waals surface area (Å²) in [5.74, 6) is 0.155. The molecule has 0 aromatic carbocycles. The topological polar surface area (TPSA) is 133 Å². The molecule has 5 aliphatic carbocycles. The first-order valence-electron chi connectivity index (χ1n) is 19.3. The Balaban J connectivity index is 1.41. The quantitative estimate of drug-likeness (QED) is 0.152. The van der Waals surface area contributed by atoms with E-state index in [2.05, 4.69) is 34.6 Å². The fourth-order valence-electron chi connectivity index (χ4n) is 12.6. The highest BCUT2D eigenvalue weighted by Crippen LogP contribution is 2.77. The SMILES string of the molecule is CC(C)C1=C2[C@H]3CC[C@@H]4[C@@]5(C)CC[C@H](OC(=O)CC(C)(C)C(=O)OC(C)(C)C)C(C)(C)[C@@H]5CC[C@@]4(C)[C@]3(C)CCC2(C(O)C[N+](=O)[O-])CC1=O. The van der Waals surface area contributed by atoms with Crippen LogP contribution in [-0.4, -0.2) is 52.1 Å². The van der Waals surface area contributed by atoms with E-state index in [1.807, 2.05) is 34.6 Å². The van der Waals surface area contributed by atoms with E-state index in [1.54, 1.807) is 13.8 Å². The first kappa shape index (κ1) is 38.9. The van der Waals surface area contributed by atoms with Gasteiger partial charge in [-0.05, 0) is 131 Å². The number of ether oxygens (including phenoxy) is 2. The summed E-state index contributed by atoms with van der Waals surface area (Å²) in [5, 5.41) is 23.1. The number of esters is 2. The molecular formula is C41H65NO8. The predicted octanol–water partition coefficient (Wildman–Crippen LogP) is 8.27. The van der Waals surface area contributed by atoms with E-state index in [1.165, 1.54) is 0 Å². The number of ketones is 1. The second-order valence-electron chi connectivity index (χ2n) is 20.3. The summed E-state index contributed by atoms with van der Waals surface area (Å²) < 4.78 is 11.9. The number of Topliss-reactive ketones (excluding diaryl/α,β-unsaturated/α-hetero) is 1. The molecule has 9 heteroatoms. The van der Waals surface area contributed by atoms with Gasteiger partial charge in [0.15, 0.2) is 5.78 Å². The minimum Gasteiger partial charge on any atom is -0.462 e. The highest BCUT2D eigenvalue weighted by molar-refractivity contribution is 6.00. The molecule has 0 radical (unpaired) electrons. The number of hydrogen-bond donors (Lipinski definition) is 1. The fraction of sp³-hybridized carbons (Fsp3) is 0.878. The van der Waals surface area contributed by atoms with Gasteiger partial charge in [0.25, 0.3) is 0 Å². The molecule has 9 nitrogen and oxygen atoms in total. The molecule has 282 valence electrons. The van der Waals surface area contributed by atoms with Crippen LogP contribution in [0.2, 0.25) is 0 Å². The zero-order valence-electron chi connectivity index (χ0n) is 33.0. The summed E-state index contributed by atoms with van der Waals surface area (Å²) in [6.07, 6.45) is 5.78. The summed E-state index contributed by atoms with van der Waals surface area (Å²) in [6, 6.07) is 0. The summed E-state index contributed by atoms with van der Waals surface area (Å²) >= 11 is 0. The van der Waals surface area contributed by atoms with Crippen LogP contribution in [0, 0.1) is 66.3 Å². The zero-order chi connectivity index (χ0) is 37.6. The molecule has 1 N–H and O–H groups in total. The molecule has 0 amide bonds. The van der Waals surface area contributed by atoms with Gasteiger partial charge in [0.05, 0.1) is 11.8 Å². The van der Waals surface area contributed by atoms with Crippen molar-refractivity contribution in [2.45, 2.75) is 165 Å². The molecule has 5 rings (SSSR count). The van der Waals surface area contributed by atoms with E-state index in [0.717, 1.165) is 56.1 Å². The van der Waals surface area contributed by atoms with Gasteiger partial charge in [-0.15, -0.1) is 0 Å². The molecule has 0 spiro atoms. The lowest BCUT2D eigenvalue weighted by molar-refractivity contribution is -0.494. The van der Waals surface area contributed by atoms with Gasteiger partial charge in [-0.3, -0.25) is 24.5 Å². The van der Waals surface area contributed by atoms with E-state index in [4.69, 9.17) is 9.47 Å². The highest BCUT2D eigenvalue weighted by atomic mass is 16.6. The Bertz CT molecular complexity index is 1450. The molecule has 0 bridgehead atoms. The summed E-state index contributed by atoms with van der Waals surface area (Å²) in [4.78, 5) is 51.2. The van der Waals surface area contributed by atoms with Crippen LogP contribution >= 0.6 is 0 Å². The van der Waals surface area contributed by atoms with Gasteiger partial charge < -0.3 is 14.6 Å². The van der Waals surface area contributed by atoms with Crippen molar-refractivity contribution in [3.05, 3.63) is 21.3 Å². The minimum atomic E-state index is -1.18. The average Bonchev–Trinajstić information content (AvgIpc) is 3.27. The lowest BCUT2D eigenvalue weighted by Gasteiger charge is -2.72. The fourth-order valence-corrected chi connectivity index (χ4v) is 12.6. The van der Waals surface area contributed by atoms with Gasteiger partial charge >= 0.3 is 11.9 Å². The van der Waals surface area contributed by atoms with E-state index < -0.39 is 40.0 Å². The van der Waals surface area contributed by atoms with Crippen molar-refractivity contribution in [2.75, 3.05) is 6.54 Å². The van der Waals surface area contributed by atoms with Gasteiger partial charge in [0.2, 0.25) is 6.54 Å². The summed E-state index contributed by atoms with van der Waals surface area (Å²) in [6.45, 7) is 24.4. The van der Waals surface area contributed by atoms with Crippen molar-refractivity contribution < 1.29 is 33.9 Å². The number of aliphatic hydroxyl groups is 1. The third-order valence-corrected chi connectivity index (χ3v) is 15.2. The molecule has 0 aromatic heterocycles. The third-order valence-electron chi connectivity index (χ3n) is 15.2. The molecule has 4 fully saturated rings. The van der Waals surface area contributed by atoms with Crippen LogP contribution in [0.15, 0.2) is 11.1 Å². The standard InChI is InChI=1S/C41H65NO8/c1-24(2)32-26(43)21-41(29(44)23-42(47)48)20-19-39(11)25(33(32)41)13-14-28-38(10)17-16-30(37(8,9)27(38)15-18-40(28,39)12)49-31(45)22-36(6,7)34(46)50-35(3,4)5/h24-25,27-30,44H,13-23H2,1-12H3/t25-,27+,28-,29?,30+,38+,39-,40-,41?/m1/s1. The van der Waals surface area contributed by atoms with Crippen molar-refractivity contribution in [2.24, 2.45) is 56.2 Å². The van der Waals surface area contributed by atoms with Crippen LogP contribution < -0.4 is 0 Å². The van der Waals surface area contributed by atoms with Crippen LogP contribution in [0.4, 0.5) is 0 Å². The Hall–Kier alpha value is -2.29. The maximum absolute atomic E-state index is 13.7. The molecule has 50 heavy (non-hydrogen) atoms. The van der Waals surface area contributed by atoms with Crippen LogP contribution in [0.25, 0.3) is 0 Å². The zero-order valence-corrected chi connectivity index (χ0v) is 33.0. The van der Waals surface area contributed by atoms with Crippen LogP contribution in [0.3, 0.4) is 0 Å². The van der Waals surface area contributed by atoms with Crippen LogP contribution in [0.5, 0.6) is 0 Å². The number of aliphatic hydroxyl groups excluding tert-OH is 1. The van der Waals surface area contributed by atoms with E-state index in [-0.39, 0.29) is 64.2 Å². The Morgan fingerprint density at radius 2 is 1.56 bits per heavy atom. The number of hydrogen-bond acceptors (Lipinski definition) is 8. The number of nitrogens with zero attached hydrogens (tertiary/aromatic N) is 1. The van der Waals surface area contributed by atoms with Crippen molar-refractivity contribution in [3.63, 3.8) is 0 Å². The molecule has 2 unspecified atom stereocenters. The van der Waals surface area contributed by atoms with Gasteiger partial charge in [0.1, 0.15) is 17.8 Å². The van der Waals surface area contributed by atoms with Crippen molar-refractivity contribution >= 4 is 17.7 Å². The maximum atomic E-state index is 13.7. The molecule has 4 saturated carbocycles. The number of nitro groups is 1. The first-order valence-corrected chi connectivity index (χ1v) is 19.3. The maximum Gasteiger partial charge on any atom is 0.312 e. The molecule has 0 heterocycles. The predicted molar refractivity (Wildman–Crippen MR) is 191 cm³/mol. The van der Waals surface area contributed by atoms with Gasteiger partial charge in [0, 0.05) is 22.2 Å². The number of rotatable bonds is 8. The summed E-state index contributed by atoms with van der Waals surface area (Å²) in [5.41, 5.74) is -1.00. The molecule has 0 aromatic rings. The van der Waals surface area contributed by atoms with Gasteiger partial charge in [-0.1, -0.05) is 54.0 Å². The Morgan fingerprint density at radius 1 is 0.920 bits per heavy atom. The number of allylic oxidation sites excluding steroid dienone is 1. The molecule has 0 aliphatic heterocycles. The average molecular weight is 700 g/mol. The van der Waals surface area contributed by atoms with Crippen molar-refractivity contribution in [1.82, 2.24) is 0 Å². The largest absolute Gasteiger partial charge is 0.462 e. The second kappa shape index (κ2) is 12.4. The number of fused-ring (bicyclic) bond motifs is 7. The third kappa shape index (κ3) is 5.97. The Labute approximate surface area is 300 Å². The van der Waals surface area contributed by atoms with Gasteiger partial charge in [-0.2, -0.15) is 0 Å². The second-order valence-corrected chi connectivity index (χ2v) is 20.3. The molecule has 0 saturated heterocycles. The molecular weight excluding hydrogens is 634 g/mol. The lowest BCUT2D eigenvalue weighted by Crippen LogP contribution is -2.66. The molecule has 5 aliphatic rings. The van der Waals surface area contributed by atoms with Crippen molar-refractivity contribution in [1.29, 1.82) is 0 Å². The summed E-state index contributed by atoms with van der Waals surface area (Å²) in [7, 11) is 0. The normalized spacial score (nSPS) is 38.8. The van der Waals surface area contributed by atoms with E-state index >= 15 is 0 Å². The Morgan fingerprint density at radius 3 is 2.14 bits per heavy atom. The van der Waals surface area contributed by atoms with Crippen LogP contribution in [0.1, 0.15) is 147 Å².